The summed E-state index contributed by atoms with van der Waals surface area (Å²) in [6.07, 6.45) is 7.74. The Hall–Kier alpha value is -3.46. The number of hydrogen-bond donors (Lipinski definition) is 1. The Morgan fingerprint density at radius 1 is 1.02 bits per heavy atom. The van der Waals surface area contributed by atoms with E-state index in [9.17, 15) is 14.4 Å². The molecule has 1 saturated heterocycles. The van der Waals surface area contributed by atoms with Crippen LogP contribution in [0.2, 0.25) is 0 Å². The van der Waals surface area contributed by atoms with E-state index in [1.54, 1.807) is 39.2 Å². The Labute approximate surface area is 262 Å². The maximum atomic E-state index is 14.9. The van der Waals surface area contributed by atoms with Crippen molar-refractivity contribution in [1.29, 1.82) is 0 Å². The number of rotatable bonds is 6. The molecule has 1 aliphatic heterocycles. The quantitative estimate of drug-likeness (QED) is 0.413. The first-order chi connectivity index (χ1) is 20.6. The van der Waals surface area contributed by atoms with Gasteiger partial charge in [-0.1, -0.05) is 58.2 Å². The van der Waals surface area contributed by atoms with Gasteiger partial charge in [0.2, 0.25) is 5.91 Å². The Balaban J connectivity index is 1.82. The van der Waals surface area contributed by atoms with Crippen molar-refractivity contribution in [3.05, 3.63) is 59.9 Å². The molecule has 9 nitrogen and oxygen atoms in total. The zero-order valence-electron chi connectivity index (χ0n) is 27.7. The van der Waals surface area contributed by atoms with Crippen molar-refractivity contribution in [3.63, 3.8) is 0 Å². The van der Waals surface area contributed by atoms with Crippen LogP contribution in [0.25, 0.3) is 0 Å². The predicted molar refractivity (Wildman–Crippen MR) is 171 cm³/mol. The molecule has 44 heavy (non-hydrogen) atoms. The van der Waals surface area contributed by atoms with E-state index in [2.05, 4.69) is 31.1 Å². The van der Waals surface area contributed by atoms with E-state index < -0.39 is 35.3 Å². The van der Waals surface area contributed by atoms with Gasteiger partial charge in [0, 0.05) is 29.7 Å². The van der Waals surface area contributed by atoms with E-state index in [0.29, 0.717) is 11.3 Å². The number of anilines is 1. The number of benzene rings is 1. The van der Waals surface area contributed by atoms with E-state index in [4.69, 9.17) is 9.47 Å². The fraction of sp³-hybridized carbons (Fsp3) is 0.600. The van der Waals surface area contributed by atoms with Gasteiger partial charge in [0.1, 0.15) is 17.7 Å². The molecule has 2 unspecified atom stereocenters. The van der Waals surface area contributed by atoms with Gasteiger partial charge in [-0.25, -0.2) is 4.79 Å². The molecule has 240 valence electrons. The second kappa shape index (κ2) is 13.3. The molecule has 3 amide bonds. The molecule has 2 atom stereocenters. The Kier molecular flexibility index (Phi) is 10.1. The fourth-order valence-corrected chi connectivity index (χ4v) is 5.85. The molecule has 1 aromatic heterocycles. The van der Waals surface area contributed by atoms with Gasteiger partial charge in [-0.3, -0.25) is 24.4 Å². The molecule has 4 rings (SSSR count). The second-order valence-corrected chi connectivity index (χ2v) is 14.7. The van der Waals surface area contributed by atoms with E-state index in [1.165, 1.54) is 9.80 Å². The molecule has 9 heteroatoms. The molecule has 0 spiro atoms. The number of ether oxygens (including phenoxy) is 2. The largest absolute Gasteiger partial charge is 0.444 e. The predicted octanol–water partition coefficient (Wildman–Crippen LogP) is 6.32. The number of hydrogen-bond acceptors (Lipinski definition) is 6. The minimum atomic E-state index is -1.02. The number of carbonyl (C=O) groups excluding carboxylic acids is 3. The maximum Gasteiger partial charge on any atom is 0.411 e. The standard InChI is InChI=1S/C35H50N4O5/c1-33(2,3)25-16-18-27(19-17-25)39(29(24-13-12-20-36-21-24)30(40)37-26-14-10-9-11-15-26)31(41)28-22-43-35(7,8)23-38(28)32(42)44-34(4,5)6/h12-13,16-21,26,28-29H,9-11,14-15,22-23H2,1-8H3,(H,37,40). The summed E-state index contributed by atoms with van der Waals surface area (Å²) in [5.41, 5.74) is 0.669. The van der Waals surface area contributed by atoms with Gasteiger partial charge < -0.3 is 14.8 Å². The first-order valence-corrected chi connectivity index (χ1v) is 15.8. The number of pyridine rings is 1. The molecule has 0 radical (unpaired) electrons. The topological polar surface area (TPSA) is 101 Å². The normalized spacial score (nSPS) is 20.0. The summed E-state index contributed by atoms with van der Waals surface area (Å²) in [6, 6.07) is 9.31. The highest BCUT2D eigenvalue weighted by Gasteiger charge is 2.46. The molecule has 2 heterocycles. The van der Waals surface area contributed by atoms with Crippen LogP contribution in [-0.2, 0) is 24.5 Å². The first-order valence-electron chi connectivity index (χ1n) is 15.8. The lowest BCUT2D eigenvalue weighted by atomic mass is 9.87. The van der Waals surface area contributed by atoms with E-state index >= 15 is 0 Å². The highest BCUT2D eigenvalue weighted by atomic mass is 16.6. The molecular formula is C35H50N4O5. The average Bonchev–Trinajstić information content (AvgIpc) is 2.94. The minimum absolute atomic E-state index is 0.0349. The van der Waals surface area contributed by atoms with Crippen molar-refractivity contribution >= 4 is 23.6 Å². The zero-order valence-corrected chi connectivity index (χ0v) is 27.7. The molecular weight excluding hydrogens is 556 g/mol. The molecule has 2 aliphatic rings. The number of carbonyl (C=O) groups is 3. The van der Waals surface area contributed by atoms with E-state index in [0.717, 1.165) is 37.7 Å². The zero-order chi connectivity index (χ0) is 32.3. The second-order valence-electron chi connectivity index (χ2n) is 14.7. The van der Waals surface area contributed by atoms with Crippen molar-refractivity contribution in [3.8, 4) is 0 Å². The van der Waals surface area contributed by atoms with Crippen LogP contribution in [-0.4, -0.2) is 64.2 Å². The Morgan fingerprint density at radius 3 is 2.25 bits per heavy atom. The first kappa shape index (κ1) is 33.4. The summed E-state index contributed by atoms with van der Waals surface area (Å²) >= 11 is 0. The molecule has 0 bridgehead atoms. The lowest BCUT2D eigenvalue weighted by molar-refractivity contribution is -0.145. The fourth-order valence-electron chi connectivity index (χ4n) is 5.85. The highest BCUT2D eigenvalue weighted by Crippen LogP contribution is 2.34. The number of amides is 3. The van der Waals surface area contributed by atoms with Crippen LogP contribution in [0.1, 0.15) is 105 Å². The van der Waals surface area contributed by atoms with Gasteiger partial charge >= 0.3 is 6.09 Å². The molecule has 1 saturated carbocycles. The third-order valence-corrected chi connectivity index (χ3v) is 8.18. The molecule has 2 aromatic rings. The Morgan fingerprint density at radius 2 is 1.68 bits per heavy atom. The smallest absolute Gasteiger partial charge is 0.411 e. The lowest BCUT2D eigenvalue weighted by Gasteiger charge is -2.45. The van der Waals surface area contributed by atoms with Gasteiger partial charge in [-0.15, -0.1) is 0 Å². The Bertz CT molecular complexity index is 1290. The van der Waals surface area contributed by atoms with E-state index in [-0.39, 0.29) is 30.5 Å². The van der Waals surface area contributed by atoms with Crippen LogP contribution in [0, 0.1) is 0 Å². The summed E-state index contributed by atoms with van der Waals surface area (Å²) in [5, 5.41) is 3.24. The summed E-state index contributed by atoms with van der Waals surface area (Å²) in [7, 11) is 0. The summed E-state index contributed by atoms with van der Waals surface area (Å²) in [4.78, 5) is 50.0. The van der Waals surface area contributed by atoms with Gasteiger partial charge in [0.15, 0.2) is 0 Å². The SMILES string of the molecule is CC(C)(C)OC(=O)N1CC(C)(C)OCC1C(=O)N(c1ccc(C(C)(C)C)cc1)C(C(=O)NC1CCCCC1)c1cccnc1. The molecule has 1 aromatic carbocycles. The lowest BCUT2D eigenvalue weighted by Crippen LogP contribution is -2.63. The van der Waals surface area contributed by atoms with Crippen molar-refractivity contribution in [1.82, 2.24) is 15.2 Å². The third kappa shape index (κ3) is 8.37. The third-order valence-electron chi connectivity index (χ3n) is 8.18. The number of aromatic nitrogens is 1. The van der Waals surface area contributed by atoms with Crippen molar-refractivity contribution in [2.75, 3.05) is 18.1 Å². The minimum Gasteiger partial charge on any atom is -0.444 e. The van der Waals surface area contributed by atoms with Crippen LogP contribution < -0.4 is 10.2 Å². The van der Waals surface area contributed by atoms with Crippen LogP contribution >= 0.6 is 0 Å². The van der Waals surface area contributed by atoms with Gasteiger partial charge in [-0.2, -0.15) is 0 Å². The highest BCUT2D eigenvalue weighted by molar-refractivity contribution is 6.04. The number of nitrogens with one attached hydrogen (secondary N) is 1. The summed E-state index contributed by atoms with van der Waals surface area (Å²) in [6.45, 7) is 15.6. The maximum absolute atomic E-state index is 14.9. The number of morpholine rings is 1. The molecule has 1 aliphatic carbocycles. The molecule has 2 fully saturated rings. The average molecular weight is 607 g/mol. The van der Waals surface area contributed by atoms with Crippen molar-refractivity contribution in [2.45, 2.75) is 122 Å². The monoisotopic (exact) mass is 606 g/mol. The van der Waals surface area contributed by atoms with Crippen molar-refractivity contribution < 1.29 is 23.9 Å². The van der Waals surface area contributed by atoms with Gasteiger partial charge in [-0.05, 0) is 76.6 Å². The van der Waals surface area contributed by atoms with Crippen LogP contribution in [0.3, 0.4) is 0 Å². The number of nitrogens with zero attached hydrogens (tertiary/aromatic N) is 3. The van der Waals surface area contributed by atoms with Crippen LogP contribution in [0.4, 0.5) is 10.5 Å². The summed E-state index contributed by atoms with van der Waals surface area (Å²) < 4.78 is 11.9. The molecule has 1 N–H and O–H groups in total. The van der Waals surface area contributed by atoms with Crippen LogP contribution in [0.5, 0.6) is 0 Å². The van der Waals surface area contributed by atoms with Crippen LogP contribution in [0.15, 0.2) is 48.8 Å². The summed E-state index contributed by atoms with van der Waals surface area (Å²) in [5.74, 6) is -0.707. The van der Waals surface area contributed by atoms with E-state index in [1.807, 2.05) is 44.2 Å². The van der Waals surface area contributed by atoms with Gasteiger partial charge in [0.25, 0.3) is 5.91 Å². The van der Waals surface area contributed by atoms with Gasteiger partial charge in [0.05, 0.1) is 18.8 Å². The van der Waals surface area contributed by atoms with Crippen molar-refractivity contribution in [2.24, 2.45) is 0 Å².